The molecule has 2 atom stereocenters. The van der Waals surface area contributed by atoms with Crippen molar-refractivity contribution in [2.45, 2.75) is 44.1 Å². The number of halogens is 1. The van der Waals surface area contributed by atoms with Crippen LogP contribution in [-0.4, -0.2) is 25.3 Å². The van der Waals surface area contributed by atoms with Gasteiger partial charge in [0.05, 0.1) is 6.10 Å². The molecule has 0 radical (unpaired) electrons. The number of hydrogen-bond donors (Lipinski definition) is 1. The van der Waals surface area contributed by atoms with Crippen LogP contribution in [0.1, 0.15) is 43.5 Å². The molecule has 146 valence electrons. The van der Waals surface area contributed by atoms with Crippen LogP contribution in [0.25, 0.3) is 0 Å². The third-order valence-corrected chi connectivity index (χ3v) is 7.64. The molecular weight excluding hydrogens is 364 g/mol. The lowest BCUT2D eigenvalue weighted by molar-refractivity contribution is 0.136. The lowest BCUT2D eigenvalue weighted by atomic mass is 9.98. The number of nitrogens with zero attached hydrogens (tertiary/aromatic N) is 1. The molecular formula is C21H27FNO3P. The van der Waals surface area contributed by atoms with Gasteiger partial charge in [0, 0.05) is 30.7 Å². The summed E-state index contributed by atoms with van der Waals surface area (Å²) in [6.45, 7) is 0. The van der Waals surface area contributed by atoms with Crippen LogP contribution in [0.2, 0.25) is 0 Å². The van der Waals surface area contributed by atoms with E-state index in [1.807, 2.05) is 31.1 Å². The summed E-state index contributed by atoms with van der Waals surface area (Å²) in [5, 5.41) is 11.4. The first-order valence-corrected chi connectivity index (χ1v) is 11.1. The molecule has 0 aliphatic heterocycles. The number of benzene rings is 2. The van der Waals surface area contributed by atoms with E-state index >= 15 is 0 Å². The maximum atomic E-state index is 14.3. The molecule has 6 heteroatoms. The number of rotatable bonds is 6. The van der Waals surface area contributed by atoms with Crippen LogP contribution in [-0.2, 0) is 9.09 Å². The topological polar surface area (TPSA) is 49.8 Å². The van der Waals surface area contributed by atoms with Crippen LogP contribution >= 0.6 is 7.37 Å². The second-order valence-corrected chi connectivity index (χ2v) is 9.68. The van der Waals surface area contributed by atoms with Gasteiger partial charge in [0.1, 0.15) is 5.82 Å². The SMILES string of the molecule is CN(C)c1ccc(P(=O)(OC2CCCCC2)C(O)c2ccccc2F)cc1. The third-order valence-electron chi connectivity index (χ3n) is 5.09. The molecule has 0 bridgehead atoms. The van der Waals surface area contributed by atoms with E-state index in [4.69, 9.17) is 4.52 Å². The highest BCUT2D eigenvalue weighted by Crippen LogP contribution is 2.59. The molecule has 1 N–H and O–H groups in total. The first-order valence-electron chi connectivity index (χ1n) is 9.40. The van der Waals surface area contributed by atoms with Gasteiger partial charge in [-0.1, -0.05) is 37.5 Å². The molecule has 27 heavy (non-hydrogen) atoms. The van der Waals surface area contributed by atoms with Crippen LogP contribution in [0.3, 0.4) is 0 Å². The van der Waals surface area contributed by atoms with E-state index in [-0.39, 0.29) is 11.7 Å². The predicted molar refractivity (Wildman–Crippen MR) is 107 cm³/mol. The fraction of sp³-hybridized carbons (Fsp3) is 0.429. The molecule has 2 aromatic rings. The monoisotopic (exact) mass is 391 g/mol. The van der Waals surface area contributed by atoms with E-state index in [1.54, 1.807) is 24.3 Å². The zero-order valence-electron chi connectivity index (χ0n) is 15.8. The lowest BCUT2D eigenvalue weighted by Crippen LogP contribution is -2.23. The predicted octanol–water partition coefficient (Wildman–Crippen LogP) is 4.84. The first kappa shape index (κ1) is 20.1. The van der Waals surface area contributed by atoms with Gasteiger partial charge >= 0.3 is 0 Å². The Morgan fingerprint density at radius 1 is 1.07 bits per heavy atom. The number of anilines is 1. The summed E-state index contributed by atoms with van der Waals surface area (Å²) < 4.78 is 34.3. The van der Waals surface area contributed by atoms with Gasteiger partial charge in [0.15, 0.2) is 5.85 Å². The highest BCUT2D eigenvalue weighted by atomic mass is 31.2. The van der Waals surface area contributed by atoms with E-state index in [2.05, 4.69) is 0 Å². The highest BCUT2D eigenvalue weighted by Gasteiger charge is 2.40. The van der Waals surface area contributed by atoms with Crippen molar-refractivity contribution in [3.63, 3.8) is 0 Å². The molecule has 4 nitrogen and oxygen atoms in total. The van der Waals surface area contributed by atoms with Crippen molar-refractivity contribution in [1.29, 1.82) is 0 Å². The summed E-state index contributed by atoms with van der Waals surface area (Å²) in [4.78, 5) is 1.93. The van der Waals surface area contributed by atoms with Crippen LogP contribution in [0.4, 0.5) is 10.1 Å². The van der Waals surface area contributed by atoms with Crippen LogP contribution in [0, 0.1) is 5.82 Å². The summed E-state index contributed by atoms with van der Waals surface area (Å²) in [5.74, 6) is -2.12. The second kappa shape index (κ2) is 8.55. The number of hydrogen-bond acceptors (Lipinski definition) is 4. The quantitative estimate of drug-likeness (QED) is 0.716. The van der Waals surface area contributed by atoms with Gasteiger partial charge in [-0.15, -0.1) is 0 Å². The Kier molecular flexibility index (Phi) is 6.36. The fourth-order valence-electron chi connectivity index (χ4n) is 3.48. The maximum absolute atomic E-state index is 14.3. The minimum atomic E-state index is -3.73. The minimum Gasteiger partial charge on any atom is -0.378 e. The Hall–Kier alpha value is -1.68. The van der Waals surface area contributed by atoms with Crippen molar-refractivity contribution >= 4 is 18.4 Å². The zero-order valence-corrected chi connectivity index (χ0v) is 16.7. The van der Waals surface area contributed by atoms with E-state index in [1.165, 1.54) is 12.1 Å². The minimum absolute atomic E-state index is 0.00771. The number of aliphatic hydroxyl groups is 1. The fourth-order valence-corrected chi connectivity index (χ4v) is 5.79. The molecule has 2 unspecified atom stereocenters. The van der Waals surface area contributed by atoms with Crippen molar-refractivity contribution in [2.75, 3.05) is 19.0 Å². The summed E-state index contributed by atoms with van der Waals surface area (Å²) >= 11 is 0. The van der Waals surface area contributed by atoms with Gasteiger partial charge in [-0.2, -0.15) is 0 Å². The first-order chi connectivity index (χ1) is 12.9. The van der Waals surface area contributed by atoms with Crippen LogP contribution in [0.5, 0.6) is 0 Å². The van der Waals surface area contributed by atoms with E-state index in [0.717, 1.165) is 37.8 Å². The average molecular weight is 391 g/mol. The van der Waals surface area contributed by atoms with Crippen molar-refractivity contribution in [2.24, 2.45) is 0 Å². The Morgan fingerprint density at radius 3 is 2.30 bits per heavy atom. The average Bonchev–Trinajstić information content (AvgIpc) is 2.68. The van der Waals surface area contributed by atoms with Gasteiger partial charge in [-0.25, -0.2) is 4.39 Å². The van der Waals surface area contributed by atoms with E-state index < -0.39 is 19.0 Å². The molecule has 3 rings (SSSR count). The lowest BCUT2D eigenvalue weighted by Gasteiger charge is -2.31. The van der Waals surface area contributed by atoms with Gasteiger partial charge in [-0.3, -0.25) is 4.57 Å². The Labute approximate surface area is 160 Å². The van der Waals surface area contributed by atoms with Crippen LogP contribution in [0.15, 0.2) is 48.5 Å². The van der Waals surface area contributed by atoms with Crippen molar-refractivity contribution in [3.8, 4) is 0 Å². The zero-order chi connectivity index (χ0) is 19.4. The van der Waals surface area contributed by atoms with Gasteiger partial charge in [0.2, 0.25) is 0 Å². The molecule has 1 fully saturated rings. The summed E-state index contributed by atoms with van der Waals surface area (Å²) in [5.41, 5.74) is 0.955. The highest BCUT2D eigenvalue weighted by molar-refractivity contribution is 7.67. The standard InChI is InChI=1S/C21H27FNO3P/c1-23(2)16-12-14-18(15-13-16)27(25,26-17-8-4-3-5-9-17)21(24)19-10-6-7-11-20(19)22/h6-7,10-15,17,21,24H,3-5,8-9H2,1-2H3. The smallest absolute Gasteiger partial charge is 0.264 e. The molecule has 1 aliphatic rings. The second-order valence-electron chi connectivity index (χ2n) is 7.27. The molecule has 1 saturated carbocycles. The van der Waals surface area contributed by atoms with Crippen molar-refractivity contribution in [3.05, 3.63) is 59.9 Å². The summed E-state index contributed by atoms with van der Waals surface area (Å²) in [7, 11) is 0.103. The molecule has 0 aromatic heterocycles. The largest absolute Gasteiger partial charge is 0.378 e. The third kappa shape index (κ3) is 4.43. The molecule has 0 saturated heterocycles. The Balaban J connectivity index is 1.99. The summed E-state index contributed by atoms with van der Waals surface area (Å²) in [6.07, 6.45) is 4.60. The van der Waals surface area contributed by atoms with Gasteiger partial charge < -0.3 is 14.5 Å². The van der Waals surface area contributed by atoms with E-state index in [9.17, 15) is 14.1 Å². The van der Waals surface area contributed by atoms with E-state index in [0.29, 0.717) is 5.30 Å². The van der Waals surface area contributed by atoms with Gasteiger partial charge in [0.25, 0.3) is 7.37 Å². The van der Waals surface area contributed by atoms with Gasteiger partial charge in [-0.05, 0) is 43.2 Å². The Morgan fingerprint density at radius 2 is 1.70 bits per heavy atom. The normalized spacial score (nSPS) is 18.7. The molecule has 0 amide bonds. The Bertz CT molecular complexity index is 803. The number of aliphatic hydroxyl groups excluding tert-OH is 1. The maximum Gasteiger partial charge on any atom is 0.264 e. The van der Waals surface area contributed by atoms with Crippen LogP contribution < -0.4 is 10.2 Å². The molecule has 0 heterocycles. The van der Waals surface area contributed by atoms with Crippen molar-refractivity contribution in [1.82, 2.24) is 0 Å². The molecule has 0 spiro atoms. The summed E-state index contributed by atoms with van der Waals surface area (Å²) in [6, 6.07) is 13.0. The molecule has 1 aliphatic carbocycles. The molecule has 2 aromatic carbocycles. The van der Waals surface area contributed by atoms with Crippen molar-refractivity contribution < 1.29 is 18.6 Å².